The molecule has 1 heterocycles. The van der Waals surface area contributed by atoms with E-state index in [0.29, 0.717) is 31.1 Å². The lowest BCUT2D eigenvalue weighted by molar-refractivity contribution is -0.118. The van der Waals surface area contributed by atoms with Crippen LogP contribution in [0.4, 0.5) is 11.4 Å². The molecule has 22 heavy (non-hydrogen) atoms. The number of carbonyl (C=O) groups excluding carboxylic acids is 2. The van der Waals surface area contributed by atoms with Crippen molar-refractivity contribution in [2.45, 2.75) is 13.0 Å². The molecule has 1 aromatic carbocycles. The average molecular weight is 306 g/mol. The van der Waals surface area contributed by atoms with E-state index in [9.17, 15) is 9.59 Å². The highest BCUT2D eigenvalue weighted by atomic mass is 16.5. The molecule has 0 saturated carbocycles. The Morgan fingerprint density at radius 1 is 1.18 bits per heavy atom. The molecule has 0 bridgehead atoms. The van der Waals surface area contributed by atoms with E-state index in [1.54, 1.807) is 31.2 Å². The molecule has 0 radical (unpaired) electrons. The summed E-state index contributed by atoms with van der Waals surface area (Å²) in [6, 6.07) is 6.38. The molecule has 1 aromatic rings. The lowest BCUT2D eigenvalue weighted by Crippen LogP contribution is -2.41. The zero-order chi connectivity index (χ0) is 15.9. The molecule has 0 aromatic heterocycles. The van der Waals surface area contributed by atoms with Gasteiger partial charge in [-0.3, -0.25) is 14.5 Å². The van der Waals surface area contributed by atoms with Crippen LogP contribution in [0, 0.1) is 0 Å². The minimum Gasteiger partial charge on any atom is -0.379 e. The highest BCUT2D eigenvalue weighted by Crippen LogP contribution is 2.13. The number of hydrogen-bond donors (Lipinski definition) is 3. The summed E-state index contributed by atoms with van der Waals surface area (Å²) in [6.07, 6.45) is 0. The number of hydrogen-bond acceptors (Lipinski definition) is 5. The molecule has 1 atom stereocenters. The smallest absolute Gasteiger partial charge is 0.240 e. The average Bonchev–Trinajstić information content (AvgIpc) is 2.50. The predicted molar refractivity (Wildman–Crippen MR) is 84.6 cm³/mol. The first-order valence-corrected chi connectivity index (χ1v) is 7.31. The Morgan fingerprint density at radius 2 is 1.73 bits per heavy atom. The number of benzene rings is 1. The van der Waals surface area contributed by atoms with Crippen molar-refractivity contribution in [3.05, 3.63) is 24.3 Å². The Hall–Kier alpha value is -1.96. The quantitative estimate of drug-likeness (QED) is 0.724. The molecule has 1 aliphatic rings. The third kappa shape index (κ3) is 5.10. The molecule has 120 valence electrons. The van der Waals surface area contributed by atoms with Gasteiger partial charge in [-0.1, -0.05) is 0 Å². The molecule has 7 nitrogen and oxygen atoms in total. The number of ether oxygens (including phenoxy) is 1. The first-order valence-electron chi connectivity index (χ1n) is 7.31. The first kappa shape index (κ1) is 16.4. The van der Waals surface area contributed by atoms with Gasteiger partial charge >= 0.3 is 0 Å². The van der Waals surface area contributed by atoms with Crippen LogP contribution >= 0.6 is 0 Å². The second-order valence-electron chi connectivity index (χ2n) is 5.29. The van der Waals surface area contributed by atoms with Gasteiger partial charge in [-0.2, -0.15) is 0 Å². The lowest BCUT2D eigenvalue weighted by Gasteiger charge is -2.25. The van der Waals surface area contributed by atoms with Gasteiger partial charge in [-0.15, -0.1) is 0 Å². The van der Waals surface area contributed by atoms with Crippen LogP contribution in [0.3, 0.4) is 0 Å². The van der Waals surface area contributed by atoms with Crippen LogP contribution in [-0.4, -0.2) is 55.6 Å². The number of nitrogens with one attached hydrogen (secondary N) is 2. The minimum absolute atomic E-state index is 0.0609. The fraction of sp³-hybridized carbons (Fsp3) is 0.467. The van der Waals surface area contributed by atoms with Crippen molar-refractivity contribution in [3.8, 4) is 0 Å². The van der Waals surface area contributed by atoms with Crippen LogP contribution in [0.1, 0.15) is 6.92 Å². The predicted octanol–water partition coefficient (Wildman–Crippen LogP) is 0.243. The Kier molecular flexibility index (Phi) is 5.88. The molecule has 1 saturated heterocycles. The SMILES string of the molecule is C[C@@H](N)C(=O)Nc1ccc(NC(=O)CN2CCOCC2)cc1. The third-order valence-corrected chi connectivity index (χ3v) is 3.32. The van der Waals surface area contributed by atoms with Crippen molar-refractivity contribution >= 4 is 23.2 Å². The van der Waals surface area contributed by atoms with Crippen molar-refractivity contribution in [1.82, 2.24) is 4.90 Å². The maximum atomic E-state index is 12.0. The highest BCUT2D eigenvalue weighted by Gasteiger charge is 2.14. The van der Waals surface area contributed by atoms with Gasteiger partial charge in [0.05, 0.1) is 25.8 Å². The molecule has 2 amide bonds. The molecule has 0 unspecified atom stereocenters. The van der Waals surface area contributed by atoms with Gasteiger partial charge in [0.1, 0.15) is 0 Å². The monoisotopic (exact) mass is 306 g/mol. The van der Waals surface area contributed by atoms with Gasteiger partial charge < -0.3 is 21.1 Å². The minimum atomic E-state index is -0.562. The number of nitrogens with two attached hydrogens (primary N) is 1. The number of carbonyl (C=O) groups is 2. The van der Waals surface area contributed by atoms with Crippen LogP contribution < -0.4 is 16.4 Å². The summed E-state index contributed by atoms with van der Waals surface area (Å²) < 4.78 is 5.24. The Labute approximate surface area is 129 Å². The summed E-state index contributed by atoms with van der Waals surface area (Å²) in [5.41, 5.74) is 6.82. The van der Waals surface area contributed by atoms with Crippen molar-refractivity contribution < 1.29 is 14.3 Å². The number of morpholine rings is 1. The van der Waals surface area contributed by atoms with Gasteiger partial charge in [0.15, 0.2) is 0 Å². The molecule has 4 N–H and O–H groups in total. The van der Waals surface area contributed by atoms with Crippen LogP contribution in [-0.2, 0) is 14.3 Å². The first-order chi connectivity index (χ1) is 10.5. The van der Waals surface area contributed by atoms with E-state index in [0.717, 1.165) is 13.1 Å². The Morgan fingerprint density at radius 3 is 2.27 bits per heavy atom. The second-order valence-corrected chi connectivity index (χ2v) is 5.29. The molecule has 0 spiro atoms. The number of nitrogens with zero attached hydrogens (tertiary/aromatic N) is 1. The van der Waals surface area contributed by atoms with Gasteiger partial charge in [0.2, 0.25) is 11.8 Å². The number of anilines is 2. The third-order valence-electron chi connectivity index (χ3n) is 3.32. The summed E-state index contributed by atoms with van der Waals surface area (Å²) in [5, 5.41) is 5.52. The fourth-order valence-electron chi connectivity index (χ4n) is 2.06. The van der Waals surface area contributed by atoms with E-state index in [-0.39, 0.29) is 11.8 Å². The molecular formula is C15H22N4O3. The van der Waals surface area contributed by atoms with Gasteiger partial charge in [-0.05, 0) is 31.2 Å². The molecule has 1 aliphatic heterocycles. The van der Waals surface area contributed by atoms with Crippen molar-refractivity contribution in [2.24, 2.45) is 5.73 Å². The van der Waals surface area contributed by atoms with E-state index in [1.165, 1.54) is 0 Å². The topological polar surface area (TPSA) is 96.7 Å². The van der Waals surface area contributed by atoms with Crippen LogP contribution in [0.2, 0.25) is 0 Å². The van der Waals surface area contributed by atoms with Crippen molar-refractivity contribution in [1.29, 1.82) is 0 Å². The summed E-state index contributed by atoms with van der Waals surface area (Å²) >= 11 is 0. The lowest BCUT2D eigenvalue weighted by atomic mass is 10.2. The Bertz CT molecular complexity index is 510. The van der Waals surface area contributed by atoms with E-state index in [1.807, 2.05) is 0 Å². The van der Waals surface area contributed by atoms with Crippen molar-refractivity contribution in [2.75, 3.05) is 43.5 Å². The summed E-state index contributed by atoms with van der Waals surface area (Å²) in [7, 11) is 0. The maximum Gasteiger partial charge on any atom is 0.240 e. The summed E-state index contributed by atoms with van der Waals surface area (Å²) in [5.74, 6) is -0.307. The van der Waals surface area contributed by atoms with Gasteiger partial charge in [0.25, 0.3) is 0 Å². The fourth-order valence-corrected chi connectivity index (χ4v) is 2.06. The summed E-state index contributed by atoms with van der Waals surface area (Å²) in [4.78, 5) is 25.5. The normalized spacial score (nSPS) is 16.8. The highest BCUT2D eigenvalue weighted by molar-refractivity contribution is 5.95. The zero-order valence-corrected chi connectivity index (χ0v) is 12.7. The standard InChI is InChI=1S/C15H22N4O3/c1-11(16)15(21)18-13-4-2-12(3-5-13)17-14(20)10-19-6-8-22-9-7-19/h2-5,11H,6-10,16H2,1H3,(H,17,20)(H,18,21)/t11-/m1/s1. The molecular weight excluding hydrogens is 284 g/mol. The van der Waals surface area contributed by atoms with E-state index < -0.39 is 6.04 Å². The Balaban J connectivity index is 1.82. The zero-order valence-electron chi connectivity index (χ0n) is 12.7. The van der Waals surface area contributed by atoms with Crippen LogP contribution in [0.5, 0.6) is 0 Å². The van der Waals surface area contributed by atoms with Crippen LogP contribution in [0.25, 0.3) is 0 Å². The van der Waals surface area contributed by atoms with E-state index in [4.69, 9.17) is 10.5 Å². The second kappa shape index (κ2) is 7.88. The molecule has 0 aliphatic carbocycles. The molecule has 2 rings (SSSR count). The number of rotatable bonds is 5. The summed E-state index contributed by atoms with van der Waals surface area (Å²) in [6.45, 7) is 4.86. The largest absolute Gasteiger partial charge is 0.379 e. The molecule has 7 heteroatoms. The van der Waals surface area contributed by atoms with Gasteiger partial charge in [-0.25, -0.2) is 0 Å². The van der Waals surface area contributed by atoms with Crippen molar-refractivity contribution in [3.63, 3.8) is 0 Å². The number of amides is 2. The van der Waals surface area contributed by atoms with Crippen LogP contribution in [0.15, 0.2) is 24.3 Å². The maximum absolute atomic E-state index is 12.0. The van der Waals surface area contributed by atoms with Gasteiger partial charge in [0, 0.05) is 24.5 Å². The van der Waals surface area contributed by atoms with E-state index >= 15 is 0 Å². The van der Waals surface area contributed by atoms with E-state index in [2.05, 4.69) is 15.5 Å². The molecule has 1 fully saturated rings.